The normalized spacial score (nSPS) is 13.5. The molecular weight excluding hydrogens is 256 g/mol. The number of likely N-dealkylation sites (N-methyl/N-ethyl adjacent to an activating group) is 1. The molecule has 0 saturated carbocycles. The average Bonchev–Trinajstić information content (AvgIpc) is 2.25. The summed E-state index contributed by atoms with van der Waals surface area (Å²) in [6.45, 7) is -0.784. The van der Waals surface area contributed by atoms with Crippen molar-refractivity contribution in [1.82, 2.24) is 0 Å². The molecule has 0 radical (unpaired) electrons. The minimum atomic E-state index is -1.21. The molecule has 0 spiro atoms. The van der Waals surface area contributed by atoms with Gasteiger partial charge in [-0.2, -0.15) is 0 Å². The van der Waals surface area contributed by atoms with E-state index in [2.05, 4.69) is 0 Å². The monoisotopic (exact) mass is 282 g/mol. The molecule has 6 N–H and O–H groups in total. The van der Waals surface area contributed by atoms with Crippen LogP contribution in [0.1, 0.15) is 6.42 Å². The van der Waals surface area contributed by atoms with Crippen LogP contribution in [0.5, 0.6) is 0 Å². The number of hydrogen-bond acceptors (Lipinski definition) is 7. The molecule has 0 fully saturated rings. The minimum Gasteiger partial charge on any atom is -0.550 e. The number of carboxylic acids is 1. The summed E-state index contributed by atoms with van der Waals surface area (Å²) >= 11 is 0. The number of nitrogens with two attached hydrogens (primary N) is 1. The van der Waals surface area contributed by atoms with Gasteiger partial charge in [0.05, 0.1) is 46.5 Å². The summed E-state index contributed by atoms with van der Waals surface area (Å²) in [5.74, 6) is -1.20. The van der Waals surface area contributed by atoms with E-state index in [1.54, 1.807) is 0 Å². The molecule has 0 amide bonds. The molecule has 0 unspecified atom stereocenters. The van der Waals surface area contributed by atoms with Crippen molar-refractivity contribution in [3.8, 4) is 0 Å². The largest absolute Gasteiger partial charge is 0.550 e. The van der Waals surface area contributed by atoms with Gasteiger partial charge in [0.1, 0.15) is 12.6 Å². The van der Waals surface area contributed by atoms with E-state index in [4.69, 9.17) is 26.2 Å². The first kappa shape index (κ1) is 20.5. The Kier molecular flexibility index (Phi) is 9.93. The van der Waals surface area contributed by atoms with Crippen molar-refractivity contribution < 1.29 is 34.8 Å². The first-order valence-electron chi connectivity index (χ1n) is 5.79. The van der Waals surface area contributed by atoms with Crippen molar-refractivity contribution in [3.05, 3.63) is 0 Å². The highest BCUT2D eigenvalue weighted by molar-refractivity contribution is 5.64. The maximum atomic E-state index is 10.0. The molecule has 0 aromatic heterocycles. The van der Waals surface area contributed by atoms with Crippen LogP contribution in [-0.4, -0.2) is 90.0 Å². The van der Waals surface area contributed by atoms with Gasteiger partial charge in [0, 0.05) is 12.4 Å². The minimum absolute atomic E-state index is 0.282. The standard InChI is InChI=1S/C7H15NO3.C4H11NO3/c1-8(2,3)5-6(9)4-7(10)11;5-4(1-6,2-7)3-8/h6,9H,4-5H2,1-3H3;6-8H,1-3,5H2/t6-;/m1./s1. The summed E-state index contributed by atoms with van der Waals surface area (Å²) in [7, 11) is 5.66. The predicted octanol–water partition coefficient (Wildman–Crippen LogP) is -4.15. The van der Waals surface area contributed by atoms with Crippen LogP contribution in [0.15, 0.2) is 0 Å². The van der Waals surface area contributed by atoms with E-state index >= 15 is 0 Å². The van der Waals surface area contributed by atoms with Crippen LogP contribution in [0.3, 0.4) is 0 Å². The molecule has 19 heavy (non-hydrogen) atoms. The second-order valence-electron chi connectivity index (χ2n) is 5.54. The van der Waals surface area contributed by atoms with Crippen LogP contribution < -0.4 is 10.8 Å². The highest BCUT2D eigenvalue weighted by atomic mass is 16.4. The number of carbonyl (C=O) groups is 1. The van der Waals surface area contributed by atoms with Gasteiger partial charge in [-0.05, 0) is 0 Å². The third-order valence-corrected chi connectivity index (χ3v) is 2.11. The van der Waals surface area contributed by atoms with Gasteiger partial charge in [-0.25, -0.2) is 0 Å². The number of quaternary nitrogens is 1. The van der Waals surface area contributed by atoms with Gasteiger partial charge in [0.25, 0.3) is 0 Å². The molecule has 0 saturated heterocycles. The highest BCUT2D eigenvalue weighted by Crippen LogP contribution is 1.97. The van der Waals surface area contributed by atoms with Gasteiger partial charge in [-0.3, -0.25) is 0 Å². The third-order valence-electron chi connectivity index (χ3n) is 2.11. The second-order valence-corrected chi connectivity index (χ2v) is 5.54. The van der Waals surface area contributed by atoms with Crippen LogP contribution in [0.4, 0.5) is 0 Å². The highest BCUT2D eigenvalue weighted by Gasteiger charge is 2.20. The Morgan fingerprint density at radius 2 is 1.58 bits per heavy atom. The fourth-order valence-corrected chi connectivity index (χ4v) is 1.04. The molecule has 8 nitrogen and oxygen atoms in total. The van der Waals surface area contributed by atoms with Crippen molar-refractivity contribution in [2.24, 2.45) is 5.73 Å². The van der Waals surface area contributed by atoms with E-state index in [0.717, 1.165) is 0 Å². The molecule has 0 bridgehead atoms. The number of carbonyl (C=O) groups excluding carboxylic acids is 1. The molecular formula is C11H26N2O6. The topological polar surface area (TPSA) is 147 Å². The Balaban J connectivity index is 0. The fraction of sp³-hybridized carbons (Fsp3) is 0.909. The maximum absolute atomic E-state index is 10.0. The quantitative estimate of drug-likeness (QED) is 0.298. The Morgan fingerprint density at radius 1 is 1.21 bits per heavy atom. The molecule has 0 heterocycles. The lowest BCUT2D eigenvalue weighted by Crippen LogP contribution is -2.50. The molecule has 0 rings (SSSR count). The summed E-state index contributed by atoms with van der Waals surface area (Å²) in [6.07, 6.45) is -1.09. The van der Waals surface area contributed by atoms with Crippen molar-refractivity contribution in [1.29, 1.82) is 0 Å². The third kappa shape index (κ3) is 13.5. The smallest absolute Gasteiger partial charge is 0.108 e. The van der Waals surface area contributed by atoms with Gasteiger partial charge in [0.15, 0.2) is 0 Å². The zero-order valence-corrected chi connectivity index (χ0v) is 11.7. The lowest BCUT2D eigenvalue weighted by atomic mass is 10.1. The SMILES string of the molecule is C[N+](C)(C)C[C@H](O)CC(=O)[O-].NC(CO)(CO)CO. The lowest BCUT2D eigenvalue weighted by Gasteiger charge is -2.26. The lowest BCUT2D eigenvalue weighted by molar-refractivity contribution is -0.873. The number of rotatable bonds is 7. The number of nitrogens with zero attached hydrogens (tertiary/aromatic N) is 1. The van der Waals surface area contributed by atoms with E-state index in [-0.39, 0.29) is 6.42 Å². The molecule has 0 aromatic rings. The maximum Gasteiger partial charge on any atom is 0.108 e. The van der Waals surface area contributed by atoms with Crippen molar-refractivity contribution >= 4 is 5.97 Å². The summed E-state index contributed by atoms with van der Waals surface area (Å²) in [6, 6.07) is 0. The first-order valence-corrected chi connectivity index (χ1v) is 5.79. The van der Waals surface area contributed by atoms with E-state index in [1.807, 2.05) is 21.1 Å². The van der Waals surface area contributed by atoms with Crippen LogP contribution in [-0.2, 0) is 4.79 Å². The first-order chi connectivity index (χ1) is 8.49. The zero-order valence-electron chi connectivity index (χ0n) is 11.7. The Labute approximate surface area is 113 Å². The Bertz CT molecular complexity index is 242. The van der Waals surface area contributed by atoms with E-state index in [0.29, 0.717) is 11.0 Å². The van der Waals surface area contributed by atoms with E-state index < -0.39 is 37.4 Å². The second kappa shape index (κ2) is 9.18. The van der Waals surface area contributed by atoms with Crippen LogP contribution >= 0.6 is 0 Å². The van der Waals surface area contributed by atoms with Gasteiger partial charge < -0.3 is 40.5 Å². The number of aliphatic carboxylic acids is 1. The molecule has 0 aliphatic heterocycles. The molecule has 0 aliphatic rings. The van der Waals surface area contributed by atoms with Crippen molar-refractivity contribution in [2.45, 2.75) is 18.1 Å². The summed E-state index contributed by atoms with van der Waals surface area (Å²) < 4.78 is 0.550. The summed E-state index contributed by atoms with van der Waals surface area (Å²) in [5, 5.41) is 44.2. The van der Waals surface area contributed by atoms with Crippen LogP contribution in [0.2, 0.25) is 0 Å². The molecule has 1 atom stereocenters. The predicted molar refractivity (Wildman–Crippen MR) is 66.7 cm³/mol. The molecule has 0 aliphatic carbocycles. The molecule has 0 aromatic carbocycles. The Hall–Kier alpha value is -0.770. The number of hydrogen-bond donors (Lipinski definition) is 5. The van der Waals surface area contributed by atoms with E-state index in [9.17, 15) is 9.90 Å². The van der Waals surface area contributed by atoms with Crippen LogP contribution in [0, 0.1) is 0 Å². The van der Waals surface area contributed by atoms with Crippen molar-refractivity contribution in [2.75, 3.05) is 47.5 Å². The number of aliphatic hydroxyl groups excluding tert-OH is 4. The Morgan fingerprint density at radius 3 is 1.74 bits per heavy atom. The summed E-state index contributed by atoms with van der Waals surface area (Å²) in [5.41, 5.74) is 3.94. The van der Waals surface area contributed by atoms with E-state index in [1.165, 1.54) is 0 Å². The van der Waals surface area contributed by atoms with Gasteiger partial charge in [-0.1, -0.05) is 0 Å². The van der Waals surface area contributed by atoms with Crippen LogP contribution in [0.25, 0.3) is 0 Å². The van der Waals surface area contributed by atoms with Gasteiger partial charge >= 0.3 is 0 Å². The zero-order chi connectivity index (χ0) is 15.7. The van der Waals surface area contributed by atoms with Gasteiger partial charge in [0.2, 0.25) is 0 Å². The number of aliphatic hydroxyl groups is 4. The molecule has 116 valence electrons. The van der Waals surface area contributed by atoms with Gasteiger partial charge in [-0.15, -0.1) is 0 Å². The van der Waals surface area contributed by atoms with Crippen molar-refractivity contribution in [3.63, 3.8) is 0 Å². The average molecular weight is 282 g/mol. The number of carboxylic acid groups (broad SMARTS) is 1. The summed E-state index contributed by atoms with van der Waals surface area (Å²) in [4.78, 5) is 10.0. The molecule has 8 heteroatoms. The fourth-order valence-electron chi connectivity index (χ4n) is 1.04.